The lowest BCUT2D eigenvalue weighted by atomic mass is 10.1. The first-order chi connectivity index (χ1) is 18.2. The van der Waals surface area contributed by atoms with Crippen molar-refractivity contribution >= 4 is 39.1 Å². The van der Waals surface area contributed by atoms with E-state index in [1.807, 2.05) is 0 Å². The number of likely N-dealkylation sites (N-methyl/N-ethyl adjacent to an activating group) is 1. The highest BCUT2D eigenvalue weighted by Crippen LogP contribution is 2.32. The van der Waals surface area contributed by atoms with Crippen LogP contribution in [0, 0.1) is 0 Å². The van der Waals surface area contributed by atoms with E-state index in [9.17, 15) is 18.0 Å². The Labute approximate surface area is 229 Å². The van der Waals surface area contributed by atoms with Crippen LogP contribution in [0.4, 0.5) is 5.69 Å². The molecular formula is C28H32ClN3O5S. The van der Waals surface area contributed by atoms with Gasteiger partial charge in [0.25, 0.3) is 10.0 Å². The molecular weight excluding hydrogens is 526 g/mol. The van der Waals surface area contributed by atoms with Gasteiger partial charge in [0, 0.05) is 18.1 Å². The number of amides is 2. The van der Waals surface area contributed by atoms with Gasteiger partial charge < -0.3 is 15.0 Å². The van der Waals surface area contributed by atoms with Crippen LogP contribution in [0.1, 0.15) is 25.8 Å². The van der Waals surface area contributed by atoms with E-state index in [1.54, 1.807) is 80.6 Å². The summed E-state index contributed by atoms with van der Waals surface area (Å²) >= 11 is 6.04. The van der Waals surface area contributed by atoms with Gasteiger partial charge in [0.2, 0.25) is 11.8 Å². The first-order valence-electron chi connectivity index (χ1n) is 12.2. The average molecular weight is 558 g/mol. The Morgan fingerprint density at radius 3 is 2.18 bits per heavy atom. The van der Waals surface area contributed by atoms with Crippen LogP contribution >= 0.6 is 11.6 Å². The van der Waals surface area contributed by atoms with E-state index in [1.165, 1.54) is 24.1 Å². The number of carbonyl (C=O) groups excluding carboxylic acids is 2. The number of nitrogens with zero attached hydrogens (tertiary/aromatic N) is 2. The van der Waals surface area contributed by atoms with Crippen LogP contribution in [0.5, 0.6) is 5.75 Å². The number of anilines is 1. The molecule has 0 spiro atoms. The van der Waals surface area contributed by atoms with E-state index >= 15 is 0 Å². The molecule has 0 aliphatic rings. The number of hydrogen-bond acceptors (Lipinski definition) is 5. The fourth-order valence-corrected chi connectivity index (χ4v) is 5.64. The predicted molar refractivity (Wildman–Crippen MR) is 149 cm³/mol. The van der Waals surface area contributed by atoms with Crippen LogP contribution < -0.4 is 14.4 Å². The number of para-hydroxylation sites is 2. The third-order valence-corrected chi connectivity index (χ3v) is 7.99. The van der Waals surface area contributed by atoms with Gasteiger partial charge in [-0.1, -0.05) is 61.0 Å². The number of sulfonamides is 1. The van der Waals surface area contributed by atoms with Gasteiger partial charge in [0.15, 0.2) is 0 Å². The van der Waals surface area contributed by atoms with E-state index in [0.717, 1.165) is 9.87 Å². The topological polar surface area (TPSA) is 96.0 Å². The fraction of sp³-hybridized carbons (Fsp3) is 0.286. The lowest BCUT2D eigenvalue weighted by Crippen LogP contribution is -2.52. The van der Waals surface area contributed by atoms with Gasteiger partial charge in [-0.25, -0.2) is 8.42 Å². The van der Waals surface area contributed by atoms with E-state index < -0.39 is 28.5 Å². The molecule has 0 saturated heterocycles. The predicted octanol–water partition coefficient (Wildman–Crippen LogP) is 4.49. The number of hydrogen-bond donors (Lipinski definition) is 1. The molecule has 8 nitrogen and oxygen atoms in total. The number of ether oxygens (including phenoxy) is 1. The maximum atomic E-state index is 14.0. The maximum absolute atomic E-state index is 14.0. The molecule has 3 aromatic carbocycles. The van der Waals surface area contributed by atoms with Crippen molar-refractivity contribution in [3.05, 3.63) is 89.4 Å². The molecule has 0 radical (unpaired) electrons. The molecule has 3 aromatic rings. The minimum Gasteiger partial charge on any atom is -0.495 e. The minimum atomic E-state index is -4.17. The molecule has 3 rings (SSSR count). The Hall–Kier alpha value is -3.56. The van der Waals surface area contributed by atoms with Gasteiger partial charge in [-0.15, -0.1) is 0 Å². The molecule has 10 heteroatoms. The van der Waals surface area contributed by atoms with E-state index in [0.29, 0.717) is 23.7 Å². The zero-order valence-corrected chi connectivity index (χ0v) is 23.2. The van der Waals surface area contributed by atoms with Crippen LogP contribution in [0.25, 0.3) is 0 Å². The van der Waals surface area contributed by atoms with Crippen LogP contribution in [-0.4, -0.2) is 51.4 Å². The third kappa shape index (κ3) is 6.85. The quantitative estimate of drug-likeness (QED) is 0.354. The van der Waals surface area contributed by atoms with Gasteiger partial charge in [-0.2, -0.15) is 0 Å². The first kappa shape index (κ1) is 29.0. The minimum absolute atomic E-state index is 0.0266. The lowest BCUT2D eigenvalue weighted by molar-refractivity contribution is -0.140. The molecule has 0 saturated carbocycles. The molecule has 38 heavy (non-hydrogen) atoms. The number of rotatable bonds is 12. The number of carbonyl (C=O) groups is 2. The number of methoxy groups -OCH3 is 1. The van der Waals surface area contributed by atoms with Gasteiger partial charge in [0.05, 0.1) is 17.7 Å². The molecule has 0 aliphatic carbocycles. The Balaban J connectivity index is 2.08. The second kappa shape index (κ2) is 13.3. The summed E-state index contributed by atoms with van der Waals surface area (Å²) in [6, 6.07) is 20.6. The maximum Gasteiger partial charge on any atom is 0.264 e. The summed E-state index contributed by atoms with van der Waals surface area (Å²) in [7, 11) is -2.74. The Morgan fingerprint density at radius 1 is 0.947 bits per heavy atom. The first-order valence-corrected chi connectivity index (χ1v) is 14.1. The molecule has 0 unspecified atom stereocenters. The average Bonchev–Trinajstić information content (AvgIpc) is 2.93. The SMILES string of the molecule is CCNC(=O)[C@H](CC)N(Cc1ccc(Cl)cc1)C(=O)CN(c1ccccc1OC)S(=O)(=O)c1ccccc1. The van der Waals surface area contributed by atoms with Crippen molar-refractivity contribution in [3.8, 4) is 5.75 Å². The summed E-state index contributed by atoms with van der Waals surface area (Å²) in [5, 5.41) is 3.32. The van der Waals surface area contributed by atoms with E-state index in [-0.39, 0.29) is 23.0 Å². The highest BCUT2D eigenvalue weighted by atomic mass is 35.5. The van der Waals surface area contributed by atoms with Crippen molar-refractivity contribution in [1.82, 2.24) is 10.2 Å². The Kier molecular flexibility index (Phi) is 10.2. The van der Waals surface area contributed by atoms with Crippen molar-refractivity contribution in [2.75, 3.05) is 24.5 Å². The zero-order chi connectivity index (χ0) is 27.7. The summed E-state index contributed by atoms with van der Waals surface area (Å²) < 4.78 is 34.1. The van der Waals surface area contributed by atoms with Gasteiger partial charge in [0.1, 0.15) is 18.3 Å². The van der Waals surface area contributed by atoms with Crippen molar-refractivity contribution < 1.29 is 22.7 Å². The molecule has 0 bridgehead atoms. The number of nitrogens with one attached hydrogen (secondary N) is 1. The standard InChI is InChI=1S/C28H32ClN3O5S/c1-4-24(28(34)30-5-2)31(19-21-15-17-22(29)18-16-21)27(33)20-32(25-13-9-10-14-26(25)37-3)38(35,36)23-11-7-6-8-12-23/h6-18,24H,4-5,19-20H2,1-3H3,(H,30,34)/t24-/m0/s1. The smallest absolute Gasteiger partial charge is 0.264 e. The second-order valence-corrected chi connectivity index (χ2v) is 10.8. The summed E-state index contributed by atoms with van der Waals surface area (Å²) in [6.45, 7) is 3.55. The van der Waals surface area contributed by atoms with Crippen LogP contribution in [-0.2, 0) is 26.2 Å². The largest absolute Gasteiger partial charge is 0.495 e. The van der Waals surface area contributed by atoms with Crippen LogP contribution in [0.2, 0.25) is 5.02 Å². The van der Waals surface area contributed by atoms with Crippen molar-refractivity contribution in [2.24, 2.45) is 0 Å². The normalized spacial score (nSPS) is 11.9. The lowest BCUT2D eigenvalue weighted by Gasteiger charge is -2.33. The van der Waals surface area contributed by atoms with Gasteiger partial charge in [-0.3, -0.25) is 13.9 Å². The summed E-state index contributed by atoms with van der Waals surface area (Å²) in [4.78, 5) is 28.4. The van der Waals surface area contributed by atoms with Crippen LogP contribution in [0.3, 0.4) is 0 Å². The van der Waals surface area contributed by atoms with E-state index in [2.05, 4.69) is 5.32 Å². The highest BCUT2D eigenvalue weighted by Gasteiger charge is 2.34. The fourth-order valence-electron chi connectivity index (χ4n) is 4.07. The highest BCUT2D eigenvalue weighted by molar-refractivity contribution is 7.92. The Morgan fingerprint density at radius 2 is 1.58 bits per heavy atom. The van der Waals surface area contributed by atoms with Crippen molar-refractivity contribution in [1.29, 1.82) is 0 Å². The molecule has 1 N–H and O–H groups in total. The van der Waals surface area contributed by atoms with Gasteiger partial charge in [-0.05, 0) is 55.3 Å². The van der Waals surface area contributed by atoms with Crippen molar-refractivity contribution in [3.63, 3.8) is 0 Å². The molecule has 0 heterocycles. The van der Waals surface area contributed by atoms with Crippen LogP contribution in [0.15, 0.2) is 83.8 Å². The monoisotopic (exact) mass is 557 g/mol. The zero-order valence-electron chi connectivity index (χ0n) is 21.6. The van der Waals surface area contributed by atoms with Gasteiger partial charge >= 0.3 is 0 Å². The summed E-state index contributed by atoms with van der Waals surface area (Å²) in [6.07, 6.45) is 0.339. The molecule has 202 valence electrons. The molecule has 0 aromatic heterocycles. The van der Waals surface area contributed by atoms with Crippen molar-refractivity contribution in [2.45, 2.75) is 37.8 Å². The van der Waals surface area contributed by atoms with E-state index in [4.69, 9.17) is 16.3 Å². The molecule has 0 fully saturated rings. The second-order valence-electron chi connectivity index (χ2n) is 8.46. The molecule has 1 atom stereocenters. The number of halogens is 1. The Bertz CT molecular complexity index is 1330. The summed E-state index contributed by atoms with van der Waals surface area (Å²) in [5.41, 5.74) is 0.963. The number of benzene rings is 3. The summed E-state index contributed by atoms with van der Waals surface area (Å²) in [5.74, 6) is -0.560. The molecule has 2 amide bonds. The molecule has 0 aliphatic heterocycles. The third-order valence-electron chi connectivity index (χ3n) is 5.97.